The first-order valence-corrected chi connectivity index (χ1v) is 16.5. The maximum atomic E-state index is 12.4. The Balaban J connectivity index is 2.30. The highest BCUT2D eigenvalue weighted by molar-refractivity contribution is 5.64. The molecule has 1 unspecified atom stereocenters. The van der Waals surface area contributed by atoms with Crippen LogP contribution >= 0.6 is 0 Å². The summed E-state index contributed by atoms with van der Waals surface area (Å²) in [4.78, 5) is 22.8. The van der Waals surface area contributed by atoms with Gasteiger partial charge in [0, 0.05) is 12.1 Å². The Morgan fingerprint density at radius 3 is 1.71 bits per heavy atom. The molecule has 1 aromatic rings. The summed E-state index contributed by atoms with van der Waals surface area (Å²) in [5, 5.41) is 10.8. The Morgan fingerprint density at radius 2 is 1.17 bits per heavy atom. The van der Waals surface area contributed by atoms with E-state index < -0.39 is 11.1 Å². The maximum absolute atomic E-state index is 12.4. The summed E-state index contributed by atoms with van der Waals surface area (Å²) < 4.78 is 11.0. The van der Waals surface area contributed by atoms with Crippen molar-refractivity contribution in [2.75, 3.05) is 0 Å². The molecule has 0 aliphatic heterocycles. The number of nitro benzene ring substituents is 1. The van der Waals surface area contributed by atoms with Crippen LogP contribution in [0.1, 0.15) is 149 Å². The van der Waals surface area contributed by atoms with Gasteiger partial charge in [0.2, 0.25) is 0 Å². The Bertz CT molecular complexity index is 833. The molecule has 0 saturated heterocycles. The van der Waals surface area contributed by atoms with Crippen LogP contribution in [0.2, 0.25) is 0 Å². The lowest BCUT2D eigenvalue weighted by Gasteiger charge is -2.17. The number of unbranched alkanes of at least 4 members (excludes halogenated alkanes) is 15. The molecule has 0 spiro atoms. The zero-order valence-corrected chi connectivity index (χ0v) is 26.0. The van der Waals surface area contributed by atoms with E-state index in [0.717, 1.165) is 51.4 Å². The lowest BCUT2D eigenvalue weighted by molar-refractivity contribution is -0.384. The Morgan fingerprint density at radius 1 is 0.707 bits per heavy atom. The molecule has 0 aliphatic rings. The molecule has 6 nitrogen and oxygen atoms in total. The van der Waals surface area contributed by atoms with Gasteiger partial charge in [-0.3, -0.25) is 10.1 Å². The zero-order valence-electron chi connectivity index (χ0n) is 26.0. The highest BCUT2D eigenvalue weighted by atomic mass is 16.7. The molecule has 0 aliphatic carbocycles. The molecule has 1 atom stereocenters. The summed E-state index contributed by atoms with van der Waals surface area (Å²) in [5.41, 5.74) is -0.0420. The van der Waals surface area contributed by atoms with Gasteiger partial charge in [0.1, 0.15) is 11.9 Å². The number of carbonyl (C=O) groups is 1. The number of nitrogens with zero attached hydrogens (tertiary/aromatic N) is 1. The molecule has 0 fully saturated rings. The number of hydrogen-bond donors (Lipinski definition) is 0. The fraction of sp³-hybridized carbons (Fsp3) is 0.686. The molecule has 0 N–H and O–H groups in total. The molecule has 1 rings (SSSR count). The average molecular weight is 572 g/mol. The lowest BCUT2D eigenvalue weighted by Crippen LogP contribution is -2.21. The fourth-order valence-corrected chi connectivity index (χ4v) is 4.84. The number of hydrogen-bond acceptors (Lipinski definition) is 5. The fourth-order valence-electron chi connectivity index (χ4n) is 4.84. The van der Waals surface area contributed by atoms with Gasteiger partial charge < -0.3 is 9.47 Å². The predicted molar refractivity (Wildman–Crippen MR) is 171 cm³/mol. The van der Waals surface area contributed by atoms with E-state index in [0.29, 0.717) is 0 Å². The number of carbonyl (C=O) groups excluding carboxylic acids is 1. The van der Waals surface area contributed by atoms with Gasteiger partial charge in [-0.25, -0.2) is 4.79 Å². The summed E-state index contributed by atoms with van der Waals surface area (Å²) in [7, 11) is 0. The van der Waals surface area contributed by atoms with E-state index in [2.05, 4.69) is 38.2 Å². The summed E-state index contributed by atoms with van der Waals surface area (Å²) >= 11 is 0. The molecule has 0 radical (unpaired) electrons. The Labute approximate surface area is 250 Å². The van der Waals surface area contributed by atoms with Crippen molar-refractivity contribution in [3.05, 3.63) is 58.7 Å². The van der Waals surface area contributed by atoms with E-state index in [1.54, 1.807) is 0 Å². The standard InChI is InChI=1S/C35H57NO5/c1-3-5-7-9-11-13-14-15-16-17-18-19-21-23-25-27-33(26-24-22-20-12-10-8-6-4-2)40-35(37)41-34-30-28-32(29-31-34)36(38)39/h11,13,15-16,28-31,33H,3-10,12,14,17-27H2,1-2H3/b13-11-,16-15-. The topological polar surface area (TPSA) is 78.7 Å². The first-order chi connectivity index (χ1) is 20.1. The highest BCUT2D eigenvalue weighted by Gasteiger charge is 2.17. The van der Waals surface area contributed by atoms with Crippen molar-refractivity contribution in [2.45, 2.75) is 155 Å². The minimum atomic E-state index is -0.731. The van der Waals surface area contributed by atoms with Gasteiger partial charge in [0.05, 0.1) is 4.92 Å². The first-order valence-electron chi connectivity index (χ1n) is 16.5. The molecule has 6 heteroatoms. The summed E-state index contributed by atoms with van der Waals surface area (Å²) in [6.07, 6.45) is 33.0. The van der Waals surface area contributed by atoms with E-state index in [1.807, 2.05) is 0 Å². The quantitative estimate of drug-likeness (QED) is 0.0276. The number of rotatable bonds is 26. The van der Waals surface area contributed by atoms with Gasteiger partial charge >= 0.3 is 6.16 Å². The third kappa shape index (κ3) is 21.7. The molecule has 0 bridgehead atoms. The van der Waals surface area contributed by atoms with Crippen molar-refractivity contribution in [2.24, 2.45) is 0 Å². The van der Waals surface area contributed by atoms with E-state index in [-0.39, 0.29) is 17.5 Å². The van der Waals surface area contributed by atoms with Crippen LogP contribution in [0, 0.1) is 10.1 Å². The van der Waals surface area contributed by atoms with Gasteiger partial charge in [-0.2, -0.15) is 0 Å². The summed E-state index contributed by atoms with van der Waals surface area (Å²) in [5.74, 6) is 0.253. The van der Waals surface area contributed by atoms with E-state index in [1.165, 1.54) is 108 Å². The van der Waals surface area contributed by atoms with Crippen LogP contribution in [-0.4, -0.2) is 17.2 Å². The van der Waals surface area contributed by atoms with Gasteiger partial charge in [0.15, 0.2) is 0 Å². The minimum absolute atomic E-state index is 0.0420. The molecular formula is C35H57NO5. The first kappa shape index (κ1) is 36.4. The van der Waals surface area contributed by atoms with E-state index in [9.17, 15) is 14.9 Å². The number of nitro groups is 1. The smallest absolute Gasteiger partial charge is 0.431 e. The van der Waals surface area contributed by atoms with Crippen LogP contribution in [0.15, 0.2) is 48.6 Å². The number of non-ortho nitro benzene ring substituents is 1. The maximum Gasteiger partial charge on any atom is 0.514 e. The van der Waals surface area contributed by atoms with Crippen LogP contribution in [-0.2, 0) is 4.74 Å². The van der Waals surface area contributed by atoms with Crippen LogP contribution in [0.25, 0.3) is 0 Å². The van der Waals surface area contributed by atoms with Crippen LogP contribution < -0.4 is 4.74 Å². The van der Waals surface area contributed by atoms with Crippen LogP contribution in [0.4, 0.5) is 10.5 Å². The molecule has 0 amide bonds. The molecule has 232 valence electrons. The normalized spacial score (nSPS) is 12.2. The van der Waals surface area contributed by atoms with Gasteiger partial charge in [-0.05, 0) is 69.9 Å². The van der Waals surface area contributed by atoms with Crippen LogP contribution in [0.5, 0.6) is 5.75 Å². The molecule has 1 aromatic carbocycles. The molecule has 0 aromatic heterocycles. The van der Waals surface area contributed by atoms with Crippen molar-refractivity contribution in [3.8, 4) is 5.75 Å². The number of ether oxygens (including phenoxy) is 2. The van der Waals surface area contributed by atoms with Crippen molar-refractivity contribution in [3.63, 3.8) is 0 Å². The van der Waals surface area contributed by atoms with Gasteiger partial charge in [0.25, 0.3) is 5.69 Å². The predicted octanol–water partition coefficient (Wildman–Crippen LogP) is 11.8. The van der Waals surface area contributed by atoms with Crippen molar-refractivity contribution < 1.29 is 19.2 Å². The molecule has 0 saturated carbocycles. The third-order valence-corrected chi connectivity index (χ3v) is 7.37. The average Bonchev–Trinajstić information content (AvgIpc) is 2.96. The Hall–Kier alpha value is -2.63. The minimum Gasteiger partial charge on any atom is -0.431 e. The SMILES string of the molecule is CCCCC/C=C\C/C=C\CCCCCCCC(CCCCCCCCCC)OC(=O)Oc1ccc([N+](=O)[O-])cc1. The summed E-state index contributed by atoms with van der Waals surface area (Å²) in [6, 6.07) is 5.49. The monoisotopic (exact) mass is 571 g/mol. The molecular weight excluding hydrogens is 514 g/mol. The van der Waals surface area contributed by atoms with E-state index >= 15 is 0 Å². The van der Waals surface area contributed by atoms with E-state index in [4.69, 9.17) is 9.47 Å². The molecule has 41 heavy (non-hydrogen) atoms. The third-order valence-electron chi connectivity index (χ3n) is 7.37. The highest BCUT2D eigenvalue weighted by Crippen LogP contribution is 2.21. The van der Waals surface area contributed by atoms with Crippen molar-refractivity contribution in [1.82, 2.24) is 0 Å². The summed E-state index contributed by atoms with van der Waals surface area (Å²) in [6.45, 7) is 4.48. The van der Waals surface area contributed by atoms with Gasteiger partial charge in [-0.1, -0.05) is 115 Å². The van der Waals surface area contributed by atoms with Crippen LogP contribution in [0.3, 0.4) is 0 Å². The second-order valence-corrected chi connectivity index (χ2v) is 11.1. The second-order valence-electron chi connectivity index (χ2n) is 11.1. The Kier molecular flexibility index (Phi) is 23.3. The number of benzene rings is 1. The molecule has 0 heterocycles. The van der Waals surface area contributed by atoms with Crippen molar-refractivity contribution in [1.29, 1.82) is 0 Å². The number of allylic oxidation sites excluding steroid dienone is 4. The van der Waals surface area contributed by atoms with Gasteiger partial charge in [-0.15, -0.1) is 0 Å². The largest absolute Gasteiger partial charge is 0.514 e. The lowest BCUT2D eigenvalue weighted by atomic mass is 10.0. The second kappa shape index (κ2) is 26.3. The zero-order chi connectivity index (χ0) is 29.8. The van der Waals surface area contributed by atoms with Crippen molar-refractivity contribution >= 4 is 11.8 Å².